The molecule has 0 aromatic heterocycles. The second-order valence-corrected chi connectivity index (χ2v) is 4.78. The number of hydrogen-bond donors (Lipinski definition) is 1. The van der Waals surface area contributed by atoms with Gasteiger partial charge in [0.1, 0.15) is 0 Å². The van der Waals surface area contributed by atoms with Crippen LogP contribution >= 0.6 is 0 Å². The lowest BCUT2D eigenvalue weighted by Crippen LogP contribution is -2.56. The van der Waals surface area contributed by atoms with E-state index in [-0.39, 0.29) is 0 Å². The van der Waals surface area contributed by atoms with Gasteiger partial charge in [0.15, 0.2) is 0 Å². The second kappa shape index (κ2) is 5.86. The summed E-state index contributed by atoms with van der Waals surface area (Å²) in [5.74, 6) is 2.75. The van der Waals surface area contributed by atoms with Gasteiger partial charge in [-0.1, -0.05) is 36.3 Å². The number of benzene rings is 1. The lowest BCUT2D eigenvalue weighted by Gasteiger charge is -2.37. The molecule has 0 amide bonds. The third-order valence-corrected chi connectivity index (χ3v) is 3.40. The van der Waals surface area contributed by atoms with Crippen molar-refractivity contribution in [1.29, 1.82) is 0 Å². The number of hydrogen-bond acceptors (Lipinski definition) is 2. The Balaban J connectivity index is 1.93. The van der Waals surface area contributed by atoms with E-state index >= 15 is 0 Å². The summed E-state index contributed by atoms with van der Waals surface area (Å²) in [6, 6.07) is 11.7. The minimum atomic E-state index is 0.516. The summed E-state index contributed by atoms with van der Waals surface area (Å²) >= 11 is 0. The second-order valence-electron chi connectivity index (χ2n) is 4.78. The normalized spacial score (nSPS) is 25.4. The average Bonchev–Trinajstić information content (AvgIpc) is 2.35. The third kappa shape index (κ3) is 3.33. The van der Waals surface area contributed by atoms with E-state index in [1.165, 1.54) is 5.56 Å². The van der Waals surface area contributed by atoms with Crippen molar-refractivity contribution in [2.75, 3.05) is 19.6 Å². The van der Waals surface area contributed by atoms with Gasteiger partial charge in [0, 0.05) is 25.2 Å². The molecule has 1 N–H and O–H groups in total. The van der Waals surface area contributed by atoms with E-state index in [4.69, 9.17) is 6.42 Å². The molecule has 2 unspecified atom stereocenters. The van der Waals surface area contributed by atoms with Crippen molar-refractivity contribution in [3.8, 4) is 12.3 Å². The zero-order chi connectivity index (χ0) is 12.1. The van der Waals surface area contributed by atoms with Gasteiger partial charge >= 0.3 is 0 Å². The quantitative estimate of drug-likeness (QED) is 0.789. The first kappa shape index (κ1) is 12.2. The fourth-order valence-corrected chi connectivity index (χ4v) is 2.37. The molecule has 0 saturated carbocycles. The number of nitrogens with zero attached hydrogens (tertiary/aromatic N) is 1. The summed E-state index contributed by atoms with van der Waals surface area (Å²) in [5.41, 5.74) is 1.39. The number of piperazine rings is 1. The maximum atomic E-state index is 5.41. The van der Waals surface area contributed by atoms with E-state index in [0.717, 1.165) is 26.1 Å². The van der Waals surface area contributed by atoms with Crippen molar-refractivity contribution in [3.63, 3.8) is 0 Å². The Kier molecular flexibility index (Phi) is 4.19. The van der Waals surface area contributed by atoms with Gasteiger partial charge in [-0.3, -0.25) is 4.90 Å². The Morgan fingerprint density at radius 2 is 2.18 bits per heavy atom. The molecule has 0 radical (unpaired) electrons. The average molecular weight is 228 g/mol. The highest BCUT2D eigenvalue weighted by Crippen LogP contribution is 2.10. The molecule has 17 heavy (non-hydrogen) atoms. The van der Waals surface area contributed by atoms with E-state index in [0.29, 0.717) is 12.1 Å². The summed E-state index contributed by atoms with van der Waals surface area (Å²) < 4.78 is 0. The highest BCUT2D eigenvalue weighted by Gasteiger charge is 2.23. The molecule has 0 spiro atoms. The molecule has 90 valence electrons. The van der Waals surface area contributed by atoms with E-state index in [1.54, 1.807) is 0 Å². The van der Waals surface area contributed by atoms with Crippen LogP contribution in [0.3, 0.4) is 0 Å². The van der Waals surface area contributed by atoms with Gasteiger partial charge in [0.25, 0.3) is 0 Å². The van der Waals surface area contributed by atoms with Gasteiger partial charge in [-0.15, -0.1) is 6.42 Å². The number of rotatable bonds is 3. The van der Waals surface area contributed by atoms with Crippen LogP contribution in [0.25, 0.3) is 0 Å². The molecule has 1 aliphatic heterocycles. The lowest BCUT2D eigenvalue weighted by atomic mass is 10.0. The van der Waals surface area contributed by atoms with E-state index < -0.39 is 0 Å². The van der Waals surface area contributed by atoms with Crippen LogP contribution in [0.15, 0.2) is 30.3 Å². The lowest BCUT2D eigenvalue weighted by molar-refractivity contribution is 0.159. The number of nitrogens with one attached hydrogen (secondary N) is 1. The summed E-state index contributed by atoms with van der Waals surface area (Å²) in [6.07, 6.45) is 6.49. The zero-order valence-corrected chi connectivity index (χ0v) is 10.4. The molecular formula is C15H20N2. The zero-order valence-electron chi connectivity index (χ0n) is 10.4. The van der Waals surface area contributed by atoms with E-state index in [1.807, 2.05) is 0 Å². The Labute approximate surface area is 104 Å². The van der Waals surface area contributed by atoms with Gasteiger partial charge in [-0.25, -0.2) is 0 Å². The highest BCUT2D eigenvalue weighted by atomic mass is 15.2. The molecule has 0 bridgehead atoms. The molecular weight excluding hydrogens is 208 g/mol. The molecule has 0 aliphatic carbocycles. The summed E-state index contributed by atoms with van der Waals surface area (Å²) in [4.78, 5) is 2.38. The van der Waals surface area contributed by atoms with E-state index in [9.17, 15) is 0 Å². The highest BCUT2D eigenvalue weighted by molar-refractivity contribution is 5.16. The van der Waals surface area contributed by atoms with Crippen LogP contribution in [-0.4, -0.2) is 36.6 Å². The fourth-order valence-electron chi connectivity index (χ4n) is 2.37. The summed E-state index contributed by atoms with van der Waals surface area (Å²) in [7, 11) is 0. The van der Waals surface area contributed by atoms with Crippen LogP contribution in [0.4, 0.5) is 0 Å². The van der Waals surface area contributed by atoms with Crippen LogP contribution in [-0.2, 0) is 6.42 Å². The molecule has 1 heterocycles. The first-order chi connectivity index (χ1) is 8.29. The van der Waals surface area contributed by atoms with Gasteiger partial charge in [0.05, 0.1) is 6.54 Å². The standard InChI is InChI=1S/C15H20N2/c1-3-9-17-12-15(16-11-13(17)2)10-14-7-5-4-6-8-14/h1,4-8,13,15-16H,9-12H2,2H3. The molecule has 2 heteroatoms. The topological polar surface area (TPSA) is 15.3 Å². The Morgan fingerprint density at radius 3 is 2.88 bits per heavy atom. The molecule has 2 rings (SSSR count). The predicted molar refractivity (Wildman–Crippen MR) is 71.8 cm³/mol. The smallest absolute Gasteiger partial charge is 0.0602 e. The Hall–Kier alpha value is -1.30. The molecule has 1 aliphatic rings. The van der Waals surface area contributed by atoms with Crippen LogP contribution in [0.2, 0.25) is 0 Å². The Bertz CT molecular complexity index is 380. The summed E-state index contributed by atoms with van der Waals surface area (Å²) in [5, 5.41) is 3.60. The van der Waals surface area contributed by atoms with Crippen molar-refractivity contribution in [1.82, 2.24) is 10.2 Å². The van der Waals surface area contributed by atoms with Crippen molar-refractivity contribution in [3.05, 3.63) is 35.9 Å². The maximum absolute atomic E-state index is 5.41. The van der Waals surface area contributed by atoms with Gasteiger partial charge in [-0.05, 0) is 18.9 Å². The van der Waals surface area contributed by atoms with Crippen LogP contribution in [0.5, 0.6) is 0 Å². The van der Waals surface area contributed by atoms with Crippen molar-refractivity contribution < 1.29 is 0 Å². The Morgan fingerprint density at radius 1 is 1.41 bits per heavy atom. The SMILES string of the molecule is C#CCN1CC(Cc2ccccc2)NCC1C. The molecule has 1 fully saturated rings. The van der Waals surface area contributed by atoms with Crippen LogP contribution in [0, 0.1) is 12.3 Å². The largest absolute Gasteiger partial charge is 0.311 e. The maximum Gasteiger partial charge on any atom is 0.0602 e. The third-order valence-electron chi connectivity index (χ3n) is 3.40. The van der Waals surface area contributed by atoms with Gasteiger partial charge in [0.2, 0.25) is 0 Å². The first-order valence-corrected chi connectivity index (χ1v) is 6.24. The van der Waals surface area contributed by atoms with Crippen LogP contribution in [0.1, 0.15) is 12.5 Å². The first-order valence-electron chi connectivity index (χ1n) is 6.24. The fraction of sp³-hybridized carbons (Fsp3) is 0.467. The van der Waals surface area contributed by atoms with Crippen molar-refractivity contribution in [2.24, 2.45) is 0 Å². The number of terminal acetylenes is 1. The van der Waals surface area contributed by atoms with Gasteiger partial charge < -0.3 is 5.32 Å². The molecule has 2 atom stereocenters. The predicted octanol–water partition coefficient (Wildman–Crippen LogP) is 1.52. The minimum absolute atomic E-state index is 0.516. The molecule has 1 aromatic rings. The van der Waals surface area contributed by atoms with Crippen LogP contribution < -0.4 is 5.32 Å². The van der Waals surface area contributed by atoms with Gasteiger partial charge in [-0.2, -0.15) is 0 Å². The molecule has 1 aromatic carbocycles. The van der Waals surface area contributed by atoms with Crippen molar-refractivity contribution >= 4 is 0 Å². The molecule has 1 saturated heterocycles. The van der Waals surface area contributed by atoms with E-state index in [2.05, 4.69) is 53.4 Å². The summed E-state index contributed by atoms with van der Waals surface area (Å²) in [6.45, 7) is 5.05. The van der Waals surface area contributed by atoms with Crippen molar-refractivity contribution in [2.45, 2.75) is 25.4 Å². The minimum Gasteiger partial charge on any atom is -0.311 e. The monoisotopic (exact) mass is 228 g/mol. The molecule has 2 nitrogen and oxygen atoms in total.